The number of anilines is 1. The molecule has 3 aromatic rings. The van der Waals surface area contributed by atoms with Gasteiger partial charge in [-0.1, -0.05) is 42.6 Å². The lowest BCUT2D eigenvalue weighted by atomic mass is 10.2. The number of halogens is 3. The molecule has 7 nitrogen and oxygen atoms in total. The number of ether oxygens (including phenoxy) is 2. The predicted molar refractivity (Wildman–Crippen MR) is 138 cm³/mol. The fourth-order valence-electron chi connectivity index (χ4n) is 2.94. The van der Waals surface area contributed by atoms with Gasteiger partial charge >= 0.3 is 11.8 Å². The number of hydrazone groups is 1. The van der Waals surface area contributed by atoms with Crippen LogP contribution in [0.1, 0.15) is 30.9 Å². The number of carbonyl (C=O) groups is 2. The van der Waals surface area contributed by atoms with E-state index in [2.05, 4.69) is 22.8 Å². The third kappa shape index (κ3) is 7.96. The maximum absolute atomic E-state index is 14.0. The largest absolute Gasteiger partial charge is 0.494 e. The molecule has 0 heterocycles. The highest BCUT2D eigenvalue weighted by atomic mass is 35.5. The van der Waals surface area contributed by atoms with Gasteiger partial charge in [0.2, 0.25) is 0 Å². The third-order valence-electron chi connectivity index (χ3n) is 4.86. The number of hydrogen-bond acceptors (Lipinski definition) is 5. The number of amides is 2. The molecule has 0 fully saturated rings. The van der Waals surface area contributed by atoms with Crippen molar-refractivity contribution >= 4 is 46.9 Å². The van der Waals surface area contributed by atoms with Crippen LogP contribution in [0, 0.1) is 5.82 Å². The van der Waals surface area contributed by atoms with Crippen molar-refractivity contribution in [3.8, 4) is 11.5 Å². The molecule has 0 aliphatic heterocycles. The number of carbonyl (C=O) groups excluding carboxylic acids is 2. The van der Waals surface area contributed by atoms with E-state index in [1.165, 1.54) is 18.3 Å². The summed E-state index contributed by atoms with van der Waals surface area (Å²) in [5.41, 5.74) is 3.17. The van der Waals surface area contributed by atoms with Gasteiger partial charge in [0.1, 0.15) is 23.9 Å². The summed E-state index contributed by atoms with van der Waals surface area (Å²) in [6, 6.07) is 15.7. The first-order chi connectivity index (χ1) is 17.4. The van der Waals surface area contributed by atoms with Crippen LogP contribution in [0.4, 0.5) is 10.1 Å². The van der Waals surface area contributed by atoms with Crippen molar-refractivity contribution in [1.82, 2.24) is 5.43 Å². The molecule has 0 aliphatic carbocycles. The normalized spacial score (nSPS) is 10.8. The molecular weight excluding hydrogens is 508 g/mol. The number of nitrogens with one attached hydrogen (secondary N) is 2. The first kappa shape index (κ1) is 27.0. The minimum Gasteiger partial charge on any atom is -0.494 e. The molecule has 0 aliphatic rings. The van der Waals surface area contributed by atoms with Crippen LogP contribution in [-0.4, -0.2) is 24.6 Å². The van der Waals surface area contributed by atoms with Gasteiger partial charge in [-0.15, -0.1) is 0 Å². The summed E-state index contributed by atoms with van der Waals surface area (Å²) >= 11 is 12.1. The van der Waals surface area contributed by atoms with Crippen LogP contribution >= 0.6 is 23.2 Å². The Morgan fingerprint density at radius 1 is 1.03 bits per heavy atom. The molecule has 0 atom stereocenters. The molecule has 0 spiro atoms. The second-order valence-electron chi connectivity index (χ2n) is 7.55. The van der Waals surface area contributed by atoms with Crippen molar-refractivity contribution < 1.29 is 23.5 Å². The van der Waals surface area contributed by atoms with E-state index in [1.54, 1.807) is 48.5 Å². The van der Waals surface area contributed by atoms with Crippen LogP contribution < -0.4 is 20.2 Å². The molecule has 0 radical (unpaired) electrons. The lowest BCUT2D eigenvalue weighted by Crippen LogP contribution is -2.32. The molecule has 2 N–H and O–H groups in total. The minimum absolute atomic E-state index is 0.134. The molecule has 0 bridgehead atoms. The minimum atomic E-state index is -0.975. The molecule has 10 heteroatoms. The Balaban J connectivity index is 1.57. The Bertz CT molecular complexity index is 1220. The van der Waals surface area contributed by atoms with Gasteiger partial charge in [0.05, 0.1) is 17.8 Å². The predicted octanol–water partition coefficient (Wildman–Crippen LogP) is 5.98. The summed E-state index contributed by atoms with van der Waals surface area (Å²) in [4.78, 5) is 24.3. The number of benzene rings is 3. The van der Waals surface area contributed by atoms with E-state index in [1.807, 2.05) is 0 Å². The Morgan fingerprint density at radius 2 is 1.81 bits per heavy atom. The van der Waals surface area contributed by atoms with E-state index < -0.39 is 17.6 Å². The highest BCUT2D eigenvalue weighted by Gasteiger charge is 2.14. The van der Waals surface area contributed by atoms with Crippen molar-refractivity contribution in [3.05, 3.63) is 87.7 Å². The molecule has 36 heavy (non-hydrogen) atoms. The summed E-state index contributed by atoms with van der Waals surface area (Å²) in [6.07, 6.45) is 3.24. The van der Waals surface area contributed by atoms with Gasteiger partial charge in [-0.2, -0.15) is 5.10 Å². The molecular formula is C26H24Cl2FN3O4. The second kappa shape index (κ2) is 13.5. The maximum Gasteiger partial charge on any atom is 0.329 e. The first-order valence-electron chi connectivity index (χ1n) is 11.1. The average Bonchev–Trinajstić information content (AvgIpc) is 2.86. The lowest BCUT2D eigenvalue weighted by Gasteiger charge is -2.11. The zero-order valence-electron chi connectivity index (χ0n) is 19.4. The lowest BCUT2D eigenvalue weighted by molar-refractivity contribution is -0.136. The summed E-state index contributed by atoms with van der Waals surface area (Å²) in [5, 5.41) is 6.91. The van der Waals surface area contributed by atoms with Gasteiger partial charge in [-0.25, -0.2) is 9.82 Å². The van der Waals surface area contributed by atoms with Crippen LogP contribution in [0.25, 0.3) is 0 Å². The zero-order valence-corrected chi connectivity index (χ0v) is 20.9. The third-order valence-corrected chi connectivity index (χ3v) is 5.45. The number of hydrogen-bond donors (Lipinski definition) is 2. The summed E-state index contributed by atoms with van der Waals surface area (Å²) < 4.78 is 25.3. The van der Waals surface area contributed by atoms with E-state index in [0.29, 0.717) is 34.4 Å². The van der Waals surface area contributed by atoms with E-state index >= 15 is 0 Å². The molecule has 3 aromatic carbocycles. The first-order valence-corrected chi connectivity index (χ1v) is 11.9. The van der Waals surface area contributed by atoms with Crippen molar-refractivity contribution in [2.75, 3.05) is 11.9 Å². The summed E-state index contributed by atoms with van der Waals surface area (Å²) in [7, 11) is 0. The second-order valence-corrected chi connectivity index (χ2v) is 8.39. The quantitative estimate of drug-likeness (QED) is 0.146. The van der Waals surface area contributed by atoms with Crippen molar-refractivity contribution in [3.63, 3.8) is 0 Å². The van der Waals surface area contributed by atoms with Gasteiger partial charge in [0.25, 0.3) is 0 Å². The smallest absolute Gasteiger partial charge is 0.329 e. The van der Waals surface area contributed by atoms with E-state index in [0.717, 1.165) is 12.8 Å². The van der Waals surface area contributed by atoms with E-state index in [-0.39, 0.29) is 17.2 Å². The van der Waals surface area contributed by atoms with Gasteiger partial charge in [0.15, 0.2) is 0 Å². The zero-order chi connectivity index (χ0) is 25.9. The highest BCUT2D eigenvalue weighted by molar-refractivity contribution is 6.39. The number of nitrogens with zero attached hydrogens (tertiary/aromatic N) is 1. The van der Waals surface area contributed by atoms with Crippen LogP contribution in [0.3, 0.4) is 0 Å². The number of rotatable bonds is 10. The molecule has 0 aromatic heterocycles. The Hall–Kier alpha value is -3.62. The standard InChI is InChI=1S/C26H24Cl2FN3O4/c1-2-3-13-35-20-10-8-19(9-11-20)31-25(33)26(34)32-30-15-17-14-18(27)7-12-24(17)36-16-21-22(28)5-4-6-23(21)29/h4-12,14-15H,2-3,13,16H2,1H3,(H,31,33)(H,32,34)/b30-15-. The van der Waals surface area contributed by atoms with Crippen LogP contribution in [0.2, 0.25) is 10.0 Å². The maximum atomic E-state index is 14.0. The average molecular weight is 532 g/mol. The fourth-order valence-corrected chi connectivity index (χ4v) is 3.34. The number of unbranched alkanes of at least 4 members (excludes halogenated alkanes) is 1. The van der Waals surface area contributed by atoms with Gasteiger partial charge in [0, 0.05) is 21.8 Å². The van der Waals surface area contributed by atoms with Gasteiger partial charge in [-0.05, 0) is 61.0 Å². The molecule has 0 saturated heterocycles. The monoisotopic (exact) mass is 531 g/mol. The molecule has 2 amide bonds. The van der Waals surface area contributed by atoms with Crippen molar-refractivity contribution in [2.45, 2.75) is 26.4 Å². The Labute approximate surface area is 218 Å². The van der Waals surface area contributed by atoms with Crippen LogP contribution in [0.5, 0.6) is 11.5 Å². The summed E-state index contributed by atoms with van der Waals surface area (Å²) in [5.74, 6) is -1.38. The molecule has 0 unspecified atom stereocenters. The van der Waals surface area contributed by atoms with E-state index in [9.17, 15) is 14.0 Å². The fraction of sp³-hybridized carbons (Fsp3) is 0.192. The Kier molecular flexibility index (Phi) is 10.1. The topological polar surface area (TPSA) is 89.0 Å². The Morgan fingerprint density at radius 3 is 2.53 bits per heavy atom. The van der Waals surface area contributed by atoms with Crippen LogP contribution in [0.15, 0.2) is 65.8 Å². The van der Waals surface area contributed by atoms with Crippen molar-refractivity contribution in [2.24, 2.45) is 5.10 Å². The van der Waals surface area contributed by atoms with Crippen LogP contribution in [-0.2, 0) is 16.2 Å². The molecule has 0 saturated carbocycles. The van der Waals surface area contributed by atoms with Crippen molar-refractivity contribution in [1.29, 1.82) is 0 Å². The van der Waals surface area contributed by atoms with Gasteiger partial charge in [-0.3, -0.25) is 9.59 Å². The molecule has 188 valence electrons. The SMILES string of the molecule is CCCCOc1ccc(NC(=O)C(=O)N/N=C\c2cc(Cl)ccc2OCc2c(F)cccc2Cl)cc1. The molecule has 3 rings (SSSR count). The highest BCUT2D eigenvalue weighted by Crippen LogP contribution is 2.25. The summed E-state index contributed by atoms with van der Waals surface area (Å²) in [6.45, 7) is 2.55. The van der Waals surface area contributed by atoms with E-state index in [4.69, 9.17) is 32.7 Å². The van der Waals surface area contributed by atoms with Gasteiger partial charge < -0.3 is 14.8 Å².